The molecule has 0 radical (unpaired) electrons. The van der Waals surface area contributed by atoms with Gasteiger partial charge in [-0.1, -0.05) is 35.5 Å². The summed E-state index contributed by atoms with van der Waals surface area (Å²) in [4.78, 5) is 18.5. The lowest BCUT2D eigenvalue weighted by Crippen LogP contribution is -2.49. The molecule has 1 aromatic carbocycles. The average Bonchev–Trinajstić information content (AvgIpc) is 3.29. The molecule has 1 aliphatic heterocycles. The van der Waals surface area contributed by atoms with Crippen LogP contribution in [0.4, 0.5) is 0 Å². The van der Waals surface area contributed by atoms with E-state index in [0.29, 0.717) is 31.2 Å². The number of furan rings is 1. The standard InChI is InChI=1S/C19H20N4O3/c24-18(20-10-16-7-4-8-25-16)13-23-11-15(12-23)19-21-17(22-26-19)9-14-5-2-1-3-6-14/h1-8,15H,9-13H2,(H,20,24). The van der Waals surface area contributed by atoms with Gasteiger partial charge in [-0.15, -0.1) is 0 Å². The van der Waals surface area contributed by atoms with Crippen LogP contribution < -0.4 is 5.32 Å². The van der Waals surface area contributed by atoms with E-state index in [4.69, 9.17) is 8.94 Å². The Bertz CT molecular complexity index is 839. The summed E-state index contributed by atoms with van der Waals surface area (Å²) in [6.45, 7) is 2.28. The number of likely N-dealkylation sites (tertiary alicyclic amines) is 1. The third-order valence-electron chi connectivity index (χ3n) is 4.40. The largest absolute Gasteiger partial charge is 0.467 e. The summed E-state index contributed by atoms with van der Waals surface area (Å²) >= 11 is 0. The van der Waals surface area contributed by atoms with Crippen molar-refractivity contribution in [1.29, 1.82) is 0 Å². The van der Waals surface area contributed by atoms with E-state index in [1.807, 2.05) is 36.4 Å². The molecule has 2 aromatic heterocycles. The fourth-order valence-electron chi connectivity index (χ4n) is 3.00. The van der Waals surface area contributed by atoms with Crippen molar-refractivity contribution in [2.24, 2.45) is 0 Å². The first kappa shape index (κ1) is 16.5. The number of nitrogens with zero attached hydrogens (tertiary/aromatic N) is 3. The Morgan fingerprint density at radius 1 is 1.19 bits per heavy atom. The molecule has 0 spiro atoms. The molecule has 0 aliphatic carbocycles. The van der Waals surface area contributed by atoms with E-state index < -0.39 is 0 Å². The summed E-state index contributed by atoms with van der Waals surface area (Å²) in [5.74, 6) is 2.28. The second-order valence-electron chi connectivity index (χ2n) is 6.46. The SMILES string of the molecule is O=C(CN1CC(c2nc(Cc3ccccc3)no2)C1)NCc1ccco1. The van der Waals surface area contributed by atoms with Crippen LogP contribution in [0, 0.1) is 0 Å². The van der Waals surface area contributed by atoms with Gasteiger partial charge in [-0.25, -0.2) is 0 Å². The van der Waals surface area contributed by atoms with Gasteiger partial charge in [0.25, 0.3) is 0 Å². The summed E-state index contributed by atoms with van der Waals surface area (Å²) in [6, 6.07) is 13.7. The number of aromatic nitrogens is 2. The van der Waals surface area contributed by atoms with Crippen LogP contribution in [0.3, 0.4) is 0 Å². The van der Waals surface area contributed by atoms with Gasteiger partial charge in [0.1, 0.15) is 5.76 Å². The van der Waals surface area contributed by atoms with Gasteiger partial charge < -0.3 is 14.3 Å². The maximum absolute atomic E-state index is 11.9. The molecule has 7 nitrogen and oxygen atoms in total. The summed E-state index contributed by atoms with van der Waals surface area (Å²) < 4.78 is 10.6. The molecule has 1 aliphatic rings. The van der Waals surface area contributed by atoms with E-state index in [0.717, 1.165) is 24.4 Å². The van der Waals surface area contributed by atoms with Gasteiger partial charge in [0, 0.05) is 19.5 Å². The first-order chi connectivity index (χ1) is 12.8. The van der Waals surface area contributed by atoms with E-state index in [-0.39, 0.29) is 11.8 Å². The van der Waals surface area contributed by atoms with Crippen LogP contribution in [-0.4, -0.2) is 40.6 Å². The molecule has 0 saturated carbocycles. The predicted octanol–water partition coefficient (Wildman–Crippen LogP) is 1.97. The highest BCUT2D eigenvalue weighted by molar-refractivity contribution is 5.78. The molecule has 0 unspecified atom stereocenters. The molecular weight excluding hydrogens is 332 g/mol. The maximum atomic E-state index is 11.9. The second kappa shape index (κ2) is 7.53. The van der Waals surface area contributed by atoms with Crippen molar-refractivity contribution >= 4 is 5.91 Å². The van der Waals surface area contributed by atoms with Crippen molar-refractivity contribution in [2.75, 3.05) is 19.6 Å². The molecule has 1 N–H and O–H groups in total. The Morgan fingerprint density at radius 3 is 2.81 bits per heavy atom. The quantitative estimate of drug-likeness (QED) is 0.700. The minimum atomic E-state index is -0.0184. The fourth-order valence-corrected chi connectivity index (χ4v) is 3.00. The van der Waals surface area contributed by atoms with Gasteiger partial charge in [-0.05, 0) is 17.7 Å². The van der Waals surface area contributed by atoms with Crippen LogP contribution in [-0.2, 0) is 17.8 Å². The van der Waals surface area contributed by atoms with Crippen LogP contribution in [0.15, 0.2) is 57.7 Å². The molecule has 1 saturated heterocycles. The van der Waals surface area contributed by atoms with Crippen molar-refractivity contribution in [3.05, 3.63) is 71.8 Å². The number of amides is 1. The lowest BCUT2D eigenvalue weighted by Gasteiger charge is -2.36. The van der Waals surface area contributed by atoms with Crippen molar-refractivity contribution in [3.8, 4) is 0 Å². The molecule has 134 valence electrons. The number of hydrogen-bond acceptors (Lipinski definition) is 6. The van der Waals surface area contributed by atoms with Crippen LogP contribution in [0.5, 0.6) is 0 Å². The highest BCUT2D eigenvalue weighted by Gasteiger charge is 2.33. The third-order valence-corrected chi connectivity index (χ3v) is 4.40. The minimum Gasteiger partial charge on any atom is -0.467 e. The number of carbonyl (C=O) groups excluding carboxylic acids is 1. The topological polar surface area (TPSA) is 84.4 Å². The highest BCUT2D eigenvalue weighted by Crippen LogP contribution is 2.25. The van der Waals surface area contributed by atoms with Gasteiger partial charge in [-0.3, -0.25) is 9.69 Å². The van der Waals surface area contributed by atoms with Gasteiger partial charge in [-0.2, -0.15) is 4.98 Å². The second-order valence-corrected chi connectivity index (χ2v) is 6.46. The van der Waals surface area contributed by atoms with Gasteiger partial charge in [0.15, 0.2) is 5.82 Å². The van der Waals surface area contributed by atoms with E-state index in [2.05, 4.69) is 20.4 Å². The average molecular weight is 352 g/mol. The first-order valence-electron chi connectivity index (χ1n) is 8.64. The highest BCUT2D eigenvalue weighted by atomic mass is 16.5. The van der Waals surface area contributed by atoms with Crippen LogP contribution in [0.1, 0.15) is 29.0 Å². The van der Waals surface area contributed by atoms with E-state index >= 15 is 0 Å². The molecule has 7 heteroatoms. The number of hydrogen-bond donors (Lipinski definition) is 1. The zero-order valence-electron chi connectivity index (χ0n) is 14.3. The number of rotatable bonds is 7. The molecule has 0 atom stereocenters. The molecule has 3 heterocycles. The predicted molar refractivity (Wildman–Crippen MR) is 93.3 cm³/mol. The summed E-state index contributed by atoms with van der Waals surface area (Å²) in [6.07, 6.45) is 2.26. The Labute approximate surface area is 151 Å². The minimum absolute atomic E-state index is 0.0184. The van der Waals surface area contributed by atoms with E-state index in [9.17, 15) is 4.79 Å². The Balaban J connectivity index is 1.21. The first-order valence-corrected chi connectivity index (χ1v) is 8.64. The van der Waals surface area contributed by atoms with Crippen LogP contribution >= 0.6 is 0 Å². The molecule has 26 heavy (non-hydrogen) atoms. The van der Waals surface area contributed by atoms with Gasteiger partial charge in [0.05, 0.1) is 25.3 Å². The molecule has 1 fully saturated rings. The Hall–Kier alpha value is -2.93. The third kappa shape index (κ3) is 4.00. The fraction of sp³-hybridized carbons (Fsp3) is 0.316. The zero-order valence-corrected chi connectivity index (χ0v) is 14.3. The zero-order chi connectivity index (χ0) is 17.8. The Kier molecular flexibility index (Phi) is 4.79. The van der Waals surface area contributed by atoms with Crippen molar-refractivity contribution in [3.63, 3.8) is 0 Å². The van der Waals surface area contributed by atoms with Gasteiger partial charge in [0.2, 0.25) is 11.8 Å². The number of nitrogens with one attached hydrogen (secondary N) is 1. The number of benzene rings is 1. The van der Waals surface area contributed by atoms with Crippen LogP contribution in [0.25, 0.3) is 0 Å². The summed E-state index contributed by atoms with van der Waals surface area (Å²) in [5, 5.41) is 6.91. The van der Waals surface area contributed by atoms with E-state index in [1.54, 1.807) is 12.3 Å². The van der Waals surface area contributed by atoms with Crippen molar-refractivity contribution in [1.82, 2.24) is 20.4 Å². The monoisotopic (exact) mass is 352 g/mol. The lowest BCUT2D eigenvalue weighted by atomic mass is 10.0. The Morgan fingerprint density at radius 2 is 2.04 bits per heavy atom. The molecular formula is C19H20N4O3. The van der Waals surface area contributed by atoms with Gasteiger partial charge >= 0.3 is 0 Å². The summed E-state index contributed by atoms with van der Waals surface area (Å²) in [5.41, 5.74) is 1.16. The number of carbonyl (C=O) groups is 1. The smallest absolute Gasteiger partial charge is 0.234 e. The lowest BCUT2D eigenvalue weighted by molar-refractivity contribution is -0.123. The maximum Gasteiger partial charge on any atom is 0.234 e. The molecule has 0 bridgehead atoms. The summed E-state index contributed by atoms with van der Waals surface area (Å²) in [7, 11) is 0. The molecule has 4 rings (SSSR count). The van der Waals surface area contributed by atoms with Crippen LogP contribution in [0.2, 0.25) is 0 Å². The van der Waals surface area contributed by atoms with Crippen molar-refractivity contribution in [2.45, 2.75) is 18.9 Å². The molecule has 3 aromatic rings. The molecule has 1 amide bonds. The van der Waals surface area contributed by atoms with Crippen molar-refractivity contribution < 1.29 is 13.7 Å². The normalized spacial score (nSPS) is 14.9. The van der Waals surface area contributed by atoms with E-state index in [1.165, 1.54) is 0 Å².